The molecule has 24 valence electrons. The molecular weight excluding hydrogens is 110 g/mol. The van der Waals surface area contributed by atoms with E-state index < -0.39 is 9.26 Å². The molecule has 0 aromatic carbocycles. The van der Waals surface area contributed by atoms with Crippen molar-refractivity contribution in [3.05, 3.63) is 0 Å². The zero-order valence-corrected chi connectivity index (χ0v) is 5.82. The molecule has 0 aliphatic rings. The number of hydrogen-bond donors (Lipinski definition) is 0. The molecule has 0 aromatic rings. The first kappa shape index (κ1) is 15.7. The summed E-state index contributed by atoms with van der Waals surface area (Å²) in [5.41, 5.74) is 0. The van der Waals surface area contributed by atoms with E-state index in [0.717, 1.165) is 0 Å². The van der Waals surface area contributed by atoms with E-state index in [9.17, 15) is 4.11 Å². The van der Waals surface area contributed by atoms with Crippen LogP contribution < -0.4 is 23.7 Å². The second kappa shape index (κ2) is 9.45. The first-order chi connectivity index (χ1) is 1.73. The van der Waals surface area contributed by atoms with Crippen molar-refractivity contribution in [1.82, 2.24) is 0 Å². The van der Waals surface area contributed by atoms with Gasteiger partial charge in [0.2, 0.25) is 0 Å². The van der Waals surface area contributed by atoms with E-state index in [4.69, 9.17) is 9.26 Å². The molecule has 0 unspecified atom stereocenters. The van der Waals surface area contributed by atoms with Gasteiger partial charge in [-0.15, -0.1) is 0 Å². The summed E-state index contributed by atoms with van der Waals surface area (Å²) in [5.74, 6) is 0. The summed E-state index contributed by atoms with van der Waals surface area (Å²) in [6.45, 7) is 0. The third-order valence-electron chi connectivity index (χ3n) is 0. The molecule has 0 rings (SSSR count). The monoisotopic (exact) mass is 110 g/mol. The van der Waals surface area contributed by atoms with Gasteiger partial charge in [0, 0.05) is 0 Å². The smallest absolute Gasteiger partial charge is 0.560 e. The molecule has 0 amide bonds. The van der Waals surface area contributed by atoms with Crippen molar-refractivity contribution in [2.75, 3.05) is 0 Å². The quantitative estimate of drug-likeness (QED) is 0.232. The maximum Gasteiger partial charge on any atom is 2.00 e. The molecule has 0 radical (unpaired) electrons. The fraction of sp³-hybridized carbons (Fsp3) is 0. The van der Waals surface area contributed by atoms with E-state index in [-0.39, 0.29) is 41.9 Å². The van der Waals surface area contributed by atoms with Crippen LogP contribution in [0, 0.1) is 0 Å². The molecule has 6 heavy (non-hydrogen) atoms. The van der Waals surface area contributed by atoms with Crippen LogP contribution in [0.3, 0.4) is 0 Å². The number of halogens is 1. The minimum Gasteiger partial charge on any atom is -0.560 e. The summed E-state index contributed by atoms with van der Waals surface area (Å²) in [5, 5.41) is 0. The molecular formula is FLiMgO2Si+2. The van der Waals surface area contributed by atoms with Gasteiger partial charge in [0.1, 0.15) is 0 Å². The number of hydrogen-bond acceptors (Lipinski definition) is 2. The van der Waals surface area contributed by atoms with E-state index >= 15 is 0 Å². The first-order valence-corrected chi connectivity index (χ1v) is 1.79. The Morgan fingerprint density at radius 3 is 1.67 bits per heavy atom. The predicted molar refractivity (Wildman–Crippen MR) is 13.3 cm³/mol. The molecule has 0 fully saturated rings. The van der Waals surface area contributed by atoms with Crippen LogP contribution in [0.1, 0.15) is 0 Å². The third kappa shape index (κ3) is 70.0. The van der Waals surface area contributed by atoms with Gasteiger partial charge in [-0.1, -0.05) is 0 Å². The van der Waals surface area contributed by atoms with E-state index in [1.807, 2.05) is 0 Å². The molecule has 0 saturated heterocycles. The summed E-state index contributed by atoms with van der Waals surface area (Å²) in [6, 6.07) is 0. The molecule has 0 N–H and O–H groups in total. The van der Waals surface area contributed by atoms with Crippen LogP contribution in [-0.2, 0) is 4.46 Å². The van der Waals surface area contributed by atoms with Crippen molar-refractivity contribution in [1.29, 1.82) is 0 Å². The summed E-state index contributed by atoms with van der Waals surface area (Å²) in [4.78, 5) is 8.41. The summed E-state index contributed by atoms with van der Waals surface area (Å²) in [7, 11) is -3.88. The van der Waals surface area contributed by atoms with Crippen molar-refractivity contribution in [3.8, 4) is 0 Å². The molecule has 2 nitrogen and oxygen atoms in total. The summed E-state index contributed by atoms with van der Waals surface area (Å²) < 4.78 is 18.4. The standard InChI is InChI=1S/FO2Si.Li.Mg/c1-4(2)3;;/q-1;+1;+2. The second-order valence-electron chi connectivity index (χ2n) is 0.238. The van der Waals surface area contributed by atoms with Crippen LogP contribution in [0.15, 0.2) is 0 Å². The van der Waals surface area contributed by atoms with Gasteiger partial charge in [-0.25, -0.2) is 0 Å². The Hall–Kier alpha value is 1.11. The second-order valence-corrected chi connectivity index (χ2v) is 0.713. The van der Waals surface area contributed by atoms with Gasteiger partial charge < -0.3 is 9.26 Å². The normalized spacial score (nSPS) is 4.17. The zero-order valence-electron chi connectivity index (χ0n) is 3.40. The molecule has 0 bridgehead atoms. The van der Waals surface area contributed by atoms with Gasteiger partial charge in [-0.3, -0.25) is 4.11 Å². The molecule has 0 spiro atoms. The van der Waals surface area contributed by atoms with Gasteiger partial charge in [-0.2, -0.15) is 0 Å². The van der Waals surface area contributed by atoms with Crippen LogP contribution in [0.2, 0.25) is 0 Å². The van der Waals surface area contributed by atoms with Gasteiger partial charge >= 0.3 is 51.2 Å². The van der Waals surface area contributed by atoms with E-state index in [0.29, 0.717) is 0 Å². The van der Waals surface area contributed by atoms with Crippen LogP contribution in [0.25, 0.3) is 0 Å². The fourth-order valence-electron chi connectivity index (χ4n) is 0. The Labute approximate surface area is 64.4 Å². The van der Waals surface area contributed by atoms with Gasteiger partial charge in [0.25, 0.3) is 0 Å². The van der Waals surface area contributed by atoms with Crippen molar-refractivity contribution in [2.24, 2.45) is 0 Å². The first-order valence-electron chi connectivity index (χ1n) is 0.597. The third-order valence-corrected chi connectivity index (χ3v) is 0. The van der Waals surface area contributed by atoms with Crippen LogP contribution in [0.4, 0.5) is 4.11 Å². The molecule has 0 saturated carbocycles. The Bertz CT molecular complexity index is 36.5. The topological polar surface area (TPSA) is 40.1 Å². The Kier molecular flexibility index (Phi) is 24.7. The van der Waals surface area contributed by atoms with Gasteiger partial charge in [0.15, 0.2) is 0 Å². The van der Waals surface area contributed by atoms with E-state index in [1.54, 1.807) is 0 Å². The number of rotatable bonds is 0. The van der Waals surface area contributed by atoms with E-state index in [2.05, 4.69) is 0 Å². The molecule has 0 aliphatic heterocycles. The minimum absolute atomic E-state index is 0. The molecule has 0 aliphatic carbocycles. The van der Waals surface area contributed by atoms with Crippen LogP contribution in [-0.4, -0.2) is 32.3 Å². The van der Waals surface area contributed by atoms with Gasteiger partial charge in [-0.05, 0) is 0 Å². The van der Waals surface area contributed by atoms with Crippen molar-refractivity contribution in [3.63, 3.8) is 0 Å². The molecule has 0 heterocycles. The Morgan fingerprint density at radius 1 is 1.67 bits per heavy atom. The summed E-state index contributed by atoms with van der Waals surface area (Å²) >= 11 is 0. The Balaban J connectivity index is -0.0000000450. The Morgan fingerprint density at radius 2 is 1.67 bits per heavy atom. The van der Waals surface area contributed by atoms with Crippen LogP contribution >= 0.6 is 0 Å². The van der Waals surface area contributed by atoms with E-state index in [1.165, 1.54) is 0 Å². The average Bonchev–Trinajstić information content (AvgIpc) is 0.811. The molecule has 6 heteroatoms. The van der Waals surface area contributed by atoms with Crippen molar-refractivity contribution < 1.29 is 32.2 Å². The minimum atomic E-state index is -3.88. The maximum absolute atomic E-state index is 9.99. The summed E-state index contributed by atoms with van der Waals surface area (Å²) in [6.07, 6.45) is 0. The van der Waals surface area contributed by atoms with Gasteiger partial charge in [0.05, 0.1) is 0 Å². The SMILES string of the molecule is O=[Si]([O-])F.[Li+].[Mg+2]. The molecule has 0 aromatic heterocycles. The van der Waals surface area contributed by atoms with Crippen LogP contribution in [0.5, 0.6) is 0 Å². The largest absolute Gasteiger partial charge is 2.00 e. The fourth-order valence-corrected chi connectivity index (χ4v) is 0. The predicted octanol–water partition coefficient (Wildman–Crippen LogP) is -4.65. The average molecular weight is 110 g/mol. The van der Waals surface area contributed by atoms with Crippen molar-refractivity contribution >= 4 is 32.3 Å². The maximum atomic E-state index is 9.99. The molecule has 0 atom stereocenters. The van der Waals surface area contributed by atoms with Crippen molar-refractivity contribution in [2.45, 2.75) is 0 Å². The zero-order chi connectivity index (χ0) is 3.58.